The van der Waals surface area contributed by atoms with Gasteiger partial charge in [-0.15, -0.1) is 0 Å². The Labute approximate surface area is 78.9 Å². The standard InChI is InChI=1S/C7H8N4O3/c12-4-7-3(1-8-11-7)2-14-5(7)10-6(13)9-4/h3,5H,1-2H2,(H2,9,10,12,13). The molecule has 74 valence electrons. The number of hydrogen-bond acceptors (Lipinski definition) is 5. The molecule has 0 aromatic heterocycles. The third kappa shape index (κ3) is 0.711. The van der Waals surface area contributed by atoms with E-state index in [9.17, 15) is 9.59 Å². The zero-order valence-corrected chi connectivity index (χ0v) is 7.19. The van der Waals surface area contributed by atoms with Gasteiger partial charge in [0, 0.05) is 5.92 Å². The highest BCUT2D eigenvalue weighted by Crippen LogP contribution is 2.40. The molecule has 7 heteroatoms. The summed E-state index contributed by atoms with van der Waals surface area (Å²) < 4.78 is 5.31. The number of urea groups is 1. The summed E-state index contributed by atoms with van der Waals surface area (Å²) in [5, 5.41) is 12.5. The number of carbonyl (C=O) groups excluding carboxylic acids is 2. The van der Waals surface area contributed by atoms with Gasteiger partial charge in [-0.1, -0.05) is 0 Å². The summed E-state index contributed by atoms with van der Waals surface area (Å²) in [5.41, 5.74) is -1.01. The molecule has 0 aliphatic carbocycles. The van der Waals surface area contributed by atoms with Crippen molar-refractivity contribution < 1.29 is 14.3 Å². The van der Waals surface area contributed by atoms with Crippen molar-refractivity contribution in [2.45, 2.75) is 11.8 Å². The van der Waals surface area contributed by atoms with Crippen molar-refractivity contribution in [3.8, 4) is 0 Å². The quantitative estimate of drug-likeness (QED) is 0.520. The summed E-state index contributed by atoms with van der Waals surface area (Å²) in [6, 6.07) is -0.534. The average Bonchev–Trinajstić information content (AvgIpc) is 2.64. The van der Waals surface area contributed by atoms with Gasteiger partial charge < -0.3 is 10.1 Å². The van der Waals surface area contributed by atoms with Crippen molar-refractivity contribution >= 4 is 11.9 Å². The van der Waals surface area contributed by atoms with Gasteiger partial charge in [0.1, 0.15) is 0 Å². The number of nitrogens with one attached hydrogen (secondary N) is 2. The molecule has 0 bridgehead atoms. The molecule has 3 atom stereocenters. The summed E-state index contributed by atoms with van der Waals surface area (Å²) in [7, 11) is 0. The SMILES string of the molecule is O=C1NC(=O)C23N=NCC2COC3N1. The Hall–Kier alpha value is -1.50. The van der Waals surface area contributed by atoms with E-state index in [1.54, 1.807) is 0 Å². The number of ether oxygens (including phenoxy) is 1. The molecule has 3 aliphatic rings. The minimum Gasteiger partial charge on any atom is -0.355 e. The molecule has 0 aromatic carbocycles. The Kier molecular flexibility index (Phi) is 1.29. The first-order valence-corrected chi connectivity index (χ1v) is 4.35. The van der Waals surface area contributed by atoms with Gasteiger partial charge in [0.05, 0.1) is 13.2 Å². The fourth-order valence-corrected chi connectivity index (χ4v) is 2.12. The van der Waals surface area contributed by atoms with E-state index in [1.807, 2.05) is 0 Å². The lowest BCUT2D eigenvalue weighted by Crippen LogP contribution is -2.67. The zero-order chi connectivity index (χ0) is 9.76. The van der Waals surface area contributed by atoms with Crippen LogP contribution < -0.4 is 10.6 Å². The Balaban J connectivity index is 2.06. The Morgan fingerprint density at radius 3 is 3.21 bits per heavy atom. The molecule has 0 radical (unpaired) electrons. The smallest absolute Gasteiger partial charge is 0.323 e. The normalized spacial score (nSPS) is 44.3. The van der Waals surface area contributed by atoms with Crippen LogP contribution in [-0.2, 0) is 9.53 Å². The first kappa shape index (κ1) is 7.86. The van der Waals surface area contributed by atoms with E-state index in [4.69, 9.17) is 4.74 Å². The maximum absolute atomic E-state index is 11.7. The number of azo groups is 1. The molecule has 2 fully saturated rings. The van der Waals surface area contributed by atoms with Crippen molar-refractivity contribution in [3.05, 3.63) is 0 Å². The molecule has 0 aromatic rings. The molecule has 1 spiro atoms. The lowest BCUT2D eigenvalue weighted by molar-refractivity contribution is -0.129. The van der Waals surface area contributed by atoms with Gasteiger partial charge in [-0.25, -0.2) is 4.79 Å². The van der Waals surface area contributed by atoms with Crippen LogP contribution >= 0.6 is 0 Å². The van der Waals surface area contributed by atoms with Gasteiger partial charge in [-0.3, -0.25) is 10.1 Å². The summed E-state index contributed by atoms with van der Waals surface area (Å²) in [6.07, 6.45) is -0.653. The lowest BCUT2D eigenvalue weighted by atomic mass is 9.85. The zero-order valence-electron chi connectivity index (χ0n) is 7.19. The number of hydrogen-bond donors (Lipinski definition) is 2. The van der Waals surface area contributed by atoms with E-state index in [0.29, 0.717) is 13.2 Å². The number of nitrogens with zero attached hydrogens (tertiary/aromatic N) is 2. The van der Waals surface area contributed by atoms with Crippen LogP contribution in [-0.4, -0.2) is 36.9 Å². The number of rotatable bonds is 0. The second-order valence-electron chi connectivity index (χ2n) is 3.59. The summed E-state index contributed by atoms with van der Waals surface area (Å²) >= 11 is 0. The van der Waals surface area contributed by atoms with Crippen LogP contribution in [0.2, 0.25) is 0 Å². The van der Waals surface area contributed by atoms with Crippen molar-refractivity contribution in [1.82, 2.24) is 10.6 Å². The topological polar surface area (TPSA) is 92.2 Å². The maximum atomic E-state index is 11.7. The molecule has 3 rings (SSSR count). The highest BCUT2D eigenvalue weighted by atomic mass is 16.5. The van der Waals surface area contributed by atoms with Crippen molar-refractivity contribution in [1.29, 1.82) is 0 Å². The van der Waals surface area contributed by atoms with Crippen molar-refractivity contribution in [2.75, 3.05) is 13.2 Å². The minimum atomic E-state index is -1.01. The molecule has 3 heterocycles. The minimum absolute atomic E-state index is 0.0481. The second kappa shape index (κ2) is 2.30. The third-order valence-corrected chi connectivity index (χ3v) is 2.88. The van der Waals surface area contributed by atoms with Crippen LogP contribution in [0.25, 0.3) is 0 Å². The summed E-state index contributed by atoms with van der Waals surface area (Å²) in [6.45, 7) is 0.894. The van der Waals surface area contributed by atoms with E-state index in [1.165, 1.54) is 0 Å². The van der Waals surface area contributed by atoms with Gasteiger partial charge in [-0.2, -0.15) is 10.2 Å². The summed E-state index contributed by atoms with van der Waals surface area (Å²) in [4.78, 5) is 22.7. The van der Waals surface area contributed by atoms with Crippen LogP contribution in [0, 0.1) is 5.92 Å². The maximum Gasteiger partial charge on any atom is 0.323 e. The van der Waals surface area contributed by atoms with E-state index in [0.717, 1.165) is 0 Å². The van der Waals surface area contributed by atoms with E-state index in [-0.39, 0.29) is 5.92 Å². The van der Waals surface area contributed by atoms with Gasteiger partial charge in [0.15, 0.2) is 6.23 Å². The highest BCUT2D eigenvalue weighted by Gasteiger charge is 2.63. The lowest BCUT2D eigenvalue weighted by Gasteiger charge is -2.32. The van der Waals surface area contributed by atoms with Crippen LogP contribution in [0.4, 0.5) is 4.79 Å². The Morgan fingerprint density at radius 1 is 1.50 bits per heavy atom. The van der Waals surface area contributed by atoms with E-state index in [2.05, 4.69) is 20.9 Å². The molecule has 0 saturated carbocycles. The van der Waals surface area contributed by atoms with Crippen molar-refractivity contribution in [3.63, 3.8) is 0 Å². The molecular weight excluding hydrogens is 188 g/mol. The number of amides is 3. The monoisotopic (exact) mass is 196 g/mol. The molecule has 14 heavy (non-hydrogen) atoms. The average molecular weight is 196 g/mol. The molecule has 3 amide bonds. The van der Waals surface area contributed by atoms with E-state index >= 15 is 0 Å². The number of imide groups is 1. The molecule has 7 nitrogen and oxygen atoms in total. The summed E-state index contributed by atoms with van der Waals surface area (Å²) in [5.74, 6) is -0.455. The Bertz CT molecular complexity index is 355. The van der Waals surface area contributed by atoms with Gasteiger partial charge in [0.2, 0.25) is 5.54 Å². The van der Waals surface area contributed by atoms with Gasteiger partial charge in [0.25, 0.3) is 5.91 Å². The predicted octanol–water partition coefficient (Wildman–Crippen LogP) is -0.997. The van der Waals surface area contributed by atoms with Crippen LogP contribution in [0.3, 0.4) is 0 Å². The largest absolute Gasteiger partial charge is 0.355 e. The predicted molar refractivity (Wildman–Crippen MR) is 42.4 cm³/mol. The Morgan fingerprint density at radius 2 is 2.36 bits per heavy atom. The van der Waals surface area contributed by atoms with Gasteiger partial charge >= 0.3 is 6.03 Å². The van der Waals surface area contributed by atoms with Gasteiger partial charge in [-0.05, 0) is 0 Å². The number of carbonyl (C=O) groups is 2. The first-order chi connectivity index (χ1) is 6.73. The fourth-order valence-electron chi connectivity index (χ4n) is 2.12. The van der Waals surface area contributed by atoms with Crippen molar-refractivity contribution in [2.24, 2.45) is 16.1 Å². The first-order valence-electron chi connectivity index (χ1n) is 4.35. The molecular formula is C7H8N4O3. The third-order valence-electron chi connectivity index (χ3n) is 2.88. The van der Waals surface area contributed by atoms with Crippen LogP contribution in [0.5, 0.6) is 0 Å². The molecule has 3 aliphatic heterocycles. The highest BCUT2D eigenvalue weighted by molar-refractivity contribution is 6.03. The molecule has 3 unspecified atom stereocenters. The van der Waals surface area contributed by atoms with E-state index < -0.39 is 23.7 Å². The molecule has 2 saturated heterocycles. The molecule has 2 N–H and O–H groups in total. The van der Waals surface area contributed by atoms with Crippen LogP contribution in [0.1, 0.15) is 0 Å². The fraction of sp³-hybridized carbons (Fsp3) is 0.714. The van der Waals surface area contributed by atoms with Crippen LogP contribution in [0.15, 0.2) is 10.2 Å². The second-order valence-corrected chi connectivity index (χ2v) is 3.59.